The van der Waals surface area contributed by atoms with Crippen LogP contribution in [-0.2, 0) is 16.1 Å². The molecule has 3 aromatic rings. The summed E-state index contributed by atoms with van der Waals surface area (Å²) in [6, 6.07) is 14.5. The molecule has 152 valence electrons. The molecule has 1 aliphatic rings. The Morgan fingerprint density at radius 2 is 1.86 bits per heavy atom. The van der Waals surface area contributed by atoms with Gasteiger partial charge < -0.3 is 14.8 Å². The van der Waals surface area contributed by atoms with Gasteiger partial charge in [0.2, 0.25) is 11.8 Å². The molecule has 1 N–H and O–H groups in total. The number of benzene rings is 2. The Morgan fingerprint density at radius 3 is 2.62 bits per heavy atom. The molecule has 29 heavy (non-hydrogen) atoms. The predicted molar refractivity (Wildman–Crippen MR) is 118 cm³/mol. The van der Waals surface area contributed by atoms with Crippen LogP contribution in [0, 0.1) is 11.8 Å². The molecule has 0 aliphatic carbocycles. The van der Waals surface area contributed by atoms with Crippen LogP contribution in [0.2, 0.25) is 0 Å². The lowest BCUT2D eigenvalue weighted by Crippen LogP contribution is -2.45. The van der Waals surface area contributed by atoms with Crippen LogP contribution in [0.25, 0.3) is 21.8 Å². The number of rotatable bonds is 4. The van der Waals surface area contributed by atoms with Crippen molar-refractivity contribution in [3.05, 3.63) is 42.5 Å². The maximum Gasteiger partial charge on any atom is 0.229 e. The average Bonchev–Trinajstić information content (AvgIpc) is 3.06. The SMILES string of the molecule is CCn1c2ccccc2c2cc(NC(=O)C3CCCN(C(=O)C(C)C)C3)ccc21. The molecule has 0 bridgehead atoms. The fourth-order valence-electron chi connectivity index (χ4n) is 4.47. The van der Waals surface area contributed by atoms with E-state index in [-0.39, 0.29) is 23.7 Å². The Morgan fingerprint density at radius 1 is 1.10 bits per heavy atom. The van der Waals surface area contributed by atoms with E-state index < -0.39 is 0 Å². The third-order valence-corrected chi connectivity index (χ3v) is 5.95. The Hall–Kier alpha value is -2.82. The number of nitrogens with zero attached hydrogens (tertiary/aromatic N) is 2. The van der Waals surface area contributed by atoms with Crippen LogP contribution in [0.15, 0.2) is 42.5 Å². The van der Waals surface area contributed by atoms with Crippen LogP contribution in [0.3, 0.4) is 0 Å². The van der Waals surface area contributed by atoms with Gasteiger partial charge in [0, 0.05) is 53.0 Å². The zero-order chi connectivity index (χ0) is 20.5. The highest BCUT2D eigenvalue weighted by Crippen LogP contribution is 2.31. The first-order valence-corrected chi connectivity index (χ1v) is 10.6. The van der Waals surface area contributed by atoms with Crippen LogP contribution < -0.4 is 5.32 Å². The molecule has 5 nitrogen and oxygen atoms in total. The molecule has 1 fully saturated rings. The third kappa shape index (κ3) is 3.61. The van der Waals surface area contributed by atoms with Crippen LogP contribution in [0.4, 0.5) is 5.69 Å². The molecule has 1 unspecified atom stereocenters. The Balaban J connectivity index is 1.57. The van der Waals surface area contributed by atoms with Crippen molar-refractivity contribution in [1.82, 2.24) is 9.47 Å². The Labute approximate surface area is 171 Å². The molecular formula is C24H29N3O2. The maximum atomic E-state index is 12.9. The predicted octanol–water partition coefficient (Wildman–Crippen LogP) is 4.65. The van der Waals surface area contributed by atoms with E-state index >= 15 is 0 Å². The summed E-state index contributed by atoms with van der Waals surface area (Å²) in [4.78, 5) is 27.1. The fraction of sp³-hybridized carbons (Fsp3) is 0.417. The summed E-state index contributed by atoms with van der Waals surface area (Å²) in [5.74, 6) is -0.0460. The van der Waals surface area contributed by atoms with Crippen molar-refractivity contribution < 1.29 is 9.59 Å². The molecule has 4 rings (SSSR count). The van der Waals surface area contributed by atoms with Crippen molar-refractivity contribution in [1.29, 1.82) is 0 Å². The Kier molecular flexibility index (Phi) is 5.31. The average molecular weight is 392 g/mol. The van der Waals surface area contributed by atoms with E-state index in [2.05, 4.69) is 53.2 Å². The molecule has 1 aliphatic heterocycles. The van der Waals surface area contributed by atoms with Gasteiger partial charge in [0.15, 0.2) is 0 Å². The number of piperidine rings is 1. The number of nitrogens with one attached hydrogen (secondary N) is 1. The van der Waals surface area contributed by atoms with Crippen LogP contribution in [-0.4, -0.2) is 34.4 Å². The number of carbonyl (C=O) groups is 2. The third-order valence-electron chi connectivity index (χ3n) is 5.95. The van der Waals surface area contributed by atoms with Gasteiger partial charge in [-0.05, 0) is 44.0 Å². The van der Waals surface area contributed by atoms with E-state index in [1.165, 1.54) is 16.4 Å². The summed E-state index contributed by atoms with van der Waals surface area (Å²) in [7, 11) is 0. The molecule has 1 saturated heterocycles. The lowest BCUT2D eigenvalue weighted by molar-refractivity contribution is -0.137. The smallest absolute Gasteiger partial charge is 0.229 e. The largest absolute Gasteiger partial charge is 0.342 e. The van der Waals surface area contributed by atoms with E-state index in [0.717, 1.165) is 37.0 Å². The summed E-state index contributed by atoms with van der Waals surface area (Å²) >= 11 is 0. The number of para-hydroxylation sites is 1. The normalized spacial score (nSPS) is 17.2. The van der Waals surface area contributed by atoms with Gasteiger partial charge in [-0.1, -0.05) is 32.0 Å². The first-order chi connectivity index (χ1) is 14.0. The van der Waals surface area contributed by atoms with Crippen molar-refractivity contribution in [2.75, 3.05) is 18.4 Å². The standard InChI is InChI=1S/C24H29N3O2/c1-4-27-21-10-6-5-9-19(21)20-14-18(11-12-22(20)27)25-23(28)17-8-7-13-26(15-17)24(29)16(2)3/h5-6,9-12,14,16-17H,4,7-8,13,15H2,1-3H3,(H,25,28). The fourth-order valence-corrected chi connectivity index (χ4v) is 4.47. The number of aromatic nitrogens is 1. The lowest BCUT2D eigenvalue weighted by atomic mass is 9.96. The van der Waals surface area contributed by atoms with Crippen LogP contribution in [0.5, 0.6) is 0 Å². The minimum Gasteiger partial charge on any atom is -0.342 e. The van der Waals surface area contributed by atoms with Gasteiger partial charge in [-0.3, -0.25) is 9.59 Å². The second-order valence-electron chi connectivity index (χ2n) is 8.26. The number of amides is 2. The molecule has 1 atom stereocenters. The number of hydrogen-bond acceptors (Lipinski definition) is 2. The number of likely N-dealkylation sites (tertiary alicyclic amines) is 1. The van der Waals surface area contributed by atoms with Crippen molar-refractivity contribution >= 4 is 39.3 Å². The van der Waals surface area contributed by atoms with E-state index in [9.17, 15) is 9.59 Å². The molecule has 5 heteroatoms. The molecule has 2 aromatic carbocycles. The van der Waals surface area contributed by atoms with Gasteiger partial charge in [0.1, 0.15) is 0 Å². The highest BCUT2D eigenvalue weighted by Gasteiger charge is 2.29. The van der Waals surface area contributed by atoms with Crippen molar-refractivity contribution in [2.45, 2.75) is 40.2 Å². The monoisotopic (exact) mass is 391 g/mol. The zero-order valence-electron chi connectivity index (χ0n) is 17.4. The van der Waals surface area contributed by atoms with Crippen molar-refractivity contribution in [2.24, 2.45) is 11.8 Å². The number of anilines is 1. The minimum atomic E-state index is -0.154. The highest BCUT2D eigenvalue weighted by atomic mass is 16.2. The second kappa shape index (κ2) is 7.90. The molecular weight excluding hydrogens is 362 g/mol. The van der Waals surface area contributed by atoms with Crippen LogP contribution >= 0.6 is 0 Å². The number of fused-ring (bicyclic) bond motifs is 3. The highest BCUT2D eigenvalue weighted by molar-refractivity contribution is 6.09. The zero-order valence-corrected chi connectivity index (χ0v) is 17.4. The van der Waals surface area contributed by atoms with Gasteiger partial charge in [-0.15, -0.1) is 0 Å². The first kappa shape index (κ1) is 19.5. The quantitative estimate of drug-likeness (QED) is 0.704. The van der Waals surface area contributed by atoms with E-state index in [1.807, 2.05) is 24.8 Å². The summed E-state index contributed by atoms with van der Waals surface area (Å²) in [5, 5.41) is 5.45. The summed E-state index contributed by atoms with van der Waals surface area (Å²) in [6.07, 6.45) is 1.70. The molecule has 2 amide bonds. The Bertz CT molecular complexity index is 1070. The first-order valence-electron chi connectivity index (χ1n) is 10.6. The van der Waals surface area contributed by atoms with Crippen molar-refractivity contribution in [3.8, 4) is 0 Å². The minimum absolute atomic E-state index is 0.00448. The van der Waals surface area contributed by atoms with Crippen molar-refractivity contribution in [3.63, 3.8) is 0 Å². The van der Waals surface area contributed by atoms with E-state index in [4.69, 9.17) is 0 Å². The topological polar surface area (TPSA) is 54.3 Å². The van der Waals surface area contributed by atoms with E-state index in [1.54, 1.807) is 0 Å². The van der Waals surface area contributed by atoms with Gasteiger partial charge >= 0.3 is 0 Å². The summed E-state index contributed by atoms with van der Waals surface area (Å²) < 4.78 is 2.30. The molecule has 0 radical (unpaired) electrons. The molecule has 0 saturated carbocycles. The van der Waals surface area contributed by atoms with E-state index in [0.29, 0.717) is 6.54 Å². The number of hydrogen-bond donors (Lipinski definition) is 1. The lowest BCUT2D eigenvalue weighted by Gasteiger charge is -2.33. The van der Waals surface area contributed by atoms with Gasteiger partial charge in [-0.2, -0.15) is 0 Å². The van der Waals surface area contributed by atoms with Crippen LogP contribution in [0.1, 0.15) is 33.6 Å². The molecule has 1 aromatic heterocycles. The number of carbonyl (C=O) groups excluding carboxylic acids is 2. The second-order valence-corrected chi connectivity index (χ2v) is 8.26. The number of aryl methyl sites for hydroxylation is 1. The molecule has 0 spiro atoms. The van der Waals surface area contributed by atoms with Gasteiger partial charge in [-0.25, -0.2) is 0 Å². The summed E-state index contributed by atoms with van der Waals surface area (Å²) in [6.45, 7) is 8.14. The summed E-state index contributed by atoms with van der Waals surface area (Å²) in [5.41, 5.74) is 3.20. The van der Waals surface area contributed by atoms with Gasteiger partial charge in [0.05, 0.1) is 5.92 Å². The van der Waals surface area contributed by atoms with Gasteiger partial charge in [0.25, 0.3) is 0 Å². The molecule has 2 heterocycles. The maximum absolute atomic E-state index is 12.9.